The Morgan fingerprint density at radius 2 is 2.11 bits per heavy atom. The minimum Gasteiger partial charge on any atom is -0.454 e. The fourth-order valence-electron chi connectivity index (χ4n) is 2.85. The number of carbonyl (C=O) groups excluding carboxylic acids is 1. The van der Waals surface area contributed by atoms with Crippen LogP contribution in [0.4, 0.5) is 0 Å². The van der Waals surface area contributed by atoms with E-state index in [1.54, 1.807) is 37.1 Å². The van der Waals surface area contributed by atoms with E-state index >= 15 is 0 Å². The van der Waals surface area contributed by atoms with Crippen LogP contribution in [0.5, 0.6) is 11.5 Å². The smallest absolute Gasteiger partial charge is 0.279 e. The lowest BCUT2D eigenvalue weighted by Crippen LogP contribution is -2.19. The van der Waals surface area contributed by atoms with E-state index in [4.69, 9.17) is 14.2 Å². The molecule has 0 radical (unpaired) electrons. The highest BCUT2D eigenvalue weighted by Crippen LogP contribution is 2.32. The molecule has 0 aliphatic carbocycles. The standard InChI is InChI=1S/C19H18N2O4S2/c1-23-8-7-21-14-5-4-13(26-2)10-17(14)27-19(21)20-18(22)12-3-6-15-16(9-12)25-11-24-15/h3-6,9-10H,7-8,11H2,1-2H3. The molecular weight excluding hydrogens is 384 g/mol. The molecular formula is C19H18N2O4S2. The first-order chi connectivity index (χ1) is 13.2. The van der Waals surface area contributed by atoms with Crippen molar-refractivity contribution in [2.24, 2.45) is 4.99 Å². The van der Waals surface area contributed by atoms with E-state index in [2.05, 4.69) is 23.2 Å². The van der Waals surface area contributed by atoms with Gasteiger partial charge in [0.1, 0.15) is 0 Å². The van der Waals surface area contributed by atoms with Crippen LogP contribution in [0.15, 0.2) is 46.3 Å². The number of fused-ring (bicyclic) bond motifs is 2. The van der Waals surface area contributed by atoms with Gasteiger partial charge in [0.15, 0.2) is 16.3 Å². The first-order valence-electron chi connectivity index (χ1n) is 8.34. The van der Waals surface area contributed by atoms with Gasteiger partial charge in [0.25, 0.3) is 5.91 Å². The van der Waals surface area contributed by atoms with Crippen LogP contribution >= 0.6 is 23.1 Å². The Hall–Kier alpha value is -2.29. The van der Waals surface area contributed by atoms with Gasteiger partial charge in [-0.2, -0.15) is 4.99 Å². The molecule has 0 atom stereocenters. The number of hydrogen-bond acceptors (Lipinski definition) is 6. The lowest BCUT2D eigenvalue weighted by atomic mass is 10.2. The number of carbonyl (C=O) groups is 1. The van der Waals surface area contributed by atoms with Gasteiger partial charge in [-0.25, -0.2) is 0 Å². The first kappa shape index (κ1) is 18.1. The molecule has 1 aromatic heterocycles. The zero-order chi connectivity index (χ0) is 18.8. The van der Waals surface area contributed by atoms with Crippen molar-refractivity contribution in [3.63, 3.8) is 0 Å². The second-order valence-electron chi connectivity index (χ2n) is 5.85. The van der Waals surface area contributed by atoms with Crippen LogP contribution in [-0.2, 0) is 11.3 Å². The minimum absolute atomic E-state index is 0.176. The van der Waals surface area contributed by atoms with E-state index in [-0.39, 0.29) is 12.7 Å². The van der Waals surface area contributed by atoms with Crippen molar-refractivity contribution in [3.8, 4) is 11.5 Å². The summed E-state index contributed by atoms with van der Waals surface area (Å²) in [6.07, 6.45) is 2.04. The van der Waals surface area contributed by atoms with Crippen LogP contribution in [0.3, 0.4) is 0 Å². The van der Waals surface area contributed by atoms with Crippen molar-refractivity contribution in [1.29, 1.82) is 0 Å². The number of amides is 1. The highest BCUT2D eigenvalue weighted by Gasteiger charge is 2.16. The van der Waals surface area contributed by atoms with Gasteiger partial charge in [0.2, 0.25) is 6.79 Å². The fourth-order valence-corrected chi connectivity index (χ4v) is 4.45. The predicted molar refractivity (Wildman–Crippen MR) is 106 cm³/mol. The zero-order valence-corrected chi connectivity index (χ0v) is 16.6. The van der Waals surface area contributed by atoms with Crippen molar-refractivity contribution in [1.82, 2.24) is 4.57 Å². The van der Waals surface area contributed by atoms with E-state index in [0.717, 1.165) is 10.2 Å². The normalized spacial score (nSPS) is 13.5. The van der Waals surface area contributed by atoms with Crippen molar-refractivity contribution in [3.05, 3.63) is 46.8 Å². The minimum atomic E-state index is -0.309. The third-order valence-corrected chi connectivity index (χ3v) is 5.99. The molecule has 0 saturated heterocycles. The molecule has 4 rings (SSSR count). The largest absolute Gasteiger partial charge is 0.454 e. The van der Waals surface area contributed by atoms with Gasteiger partial charge >= 0.3 is 0 Å². The number of ether oxygens (including phenoxy) is 3. The summed E-state index contributed by atoms with van der Waals surface area (Å²) >= 11 is 3.19. The molecule has 0 spiro atoms. The molecule has 2 aromatic carbocycles. The van der Waals surface area contributed by atoms with E-state index in [1.165, 1.54) is 16.2 Å². The third-order valence-electron chi connectivity index (χ3n) is 4.23. The topological polar surface area (TPSA) is 62.1 Å². The maximum absolute atomic E-state index is 12.7. The number of methoxy groups -OCH3 is 1. The highest BCUT2D eigenvalue weighted by atomic mass is 32.2. The van der Waals surface area contributed by atoms with Crippen LogP contribution < -0.4 is 14.3 Å². The molecule has 140 valence electrons. The molecule has 0 bridgehead atoms. The second-order valence-corrected chi connectivity index (χ2v) is 7.74. The molecule has 1 amide bonds. The number of aromatic nitrogens is 1. The van der Waals surface area contributed by atoms with Crippen molar-refractivity contribution in [2.45, 2.75) is 11.4 Å². The van der Waals surface area contributed by atoms with E-state index in [1.807, 2.05) is 10.8 Å². The summed E-state index contributed by atoms with van der Waals surface area (Å²) in [5.41, 5.74) is 1.52. The van der Waals surface area contributed by atoms with E-state index in [0.29, 0.717) is 35.0 Å². The van der Waals surface area contributed by atoms with Crippen LogP contribution in [-0.4, -0.2) is 37.2 Å². The molecule has 1 aliphatic heterocycles. The first-order valence-corrected chi connectivity index (χ1v) is 10.4. The van der Waals surface area contributed by atoms with Crippen LogP contribution in [0.2, 0.25) is 0 Å². The van der Waals surface area contributed by atoms with Gasteiger partial charge in [-0.1, -0.05) is 11.3 Å². The number of thioether (sulfide) groups is 1. The average molecular weight is 402 g/mol. The van der Waals surface area contributed by atoms with Crippen molar-refractivity contribution < 1.29 is 19.0 Å². The van der Waals surface area contributed by atoms with Crippen LogP contribution in [0.1, 0.15) is 10.4 Å². The highest BCUT2D eigenvalue weighted by molar-refractivity contribution is 7.98. The Labute approximate surface area is 164 Å². The van der Waals surface area contributed by atoms with Crippen LogP contribution in [0, 0.1) is 0 Å². The van der Waals surface area contributed by atoms with Gasteiger partial charge in [-0.3, -0.25) is 4.79 Å². The Morgan fingerprint density at radius 3 is 2.93 bits per heavy atom. The maximum atomic E-state index is 12.7. The molecule has 0 unspecified atom stereocenters. The number of hydrogen-bond donors (Lipinski definition) is 0. The number of rotatable bonds is 5. The van der Waals surface area contributed by atoms with Gasteiger partial charge in [-0.15, -0.1) is 11.8 Å². The number of nitrogens with zero attached hydrogens (tertiary/aromatic N) is 2. The molecule has 1 aliphatic rings. The molecule has 0 fully saturated rings. The molecule has 0 saturated carbocycles. The quantitative estimate of drug-likeness (QED) is 0.611. The Kier molecular flexibility index (Phi) is 5.20. The Bertz CT molecular complexity index is 1070. The molecule has 27 heavy (non-hydrogen) atoms. The molecule has 8 heteroatoms. The molecule has 6 nitrogen and oxygen atoms in total. The average Bonchev–Trinajstić information content (AvgIpc) is 3.29. The second kappa shape index (κ2) is 7.75. The maximum Gasteiger partial charge on any atom is 0.279 e. The third kappa shape index (κ3) is 3.60. The summed E-state index contributed by atoms with van der Waals surface area (Å²) in [6, 6.07) is 11.4. The summed E-state index contributed by atoms with van der Waals surface area (Å²) in [5, 5.41) is 0. The summed E-state index contributed by atoms with van der Waals surface area (Å²) in [6.45, 7) is 1.35. The van der Waals surface area contributed by atoms with E-state index < -0.39 is 0 Å². The Balaban J connectivity index is 1.77. The lowest BCUT2D eigenvalue weighted by Gasteiger charge is -2.05. The SMILES string of the molecule is COCCn1c(=NC(=O)c2ccc3c(c2)OCO3)sc2cc(SC)ccc21. The number of benzene rings is 2. The van der Waals surface area contributed by atoms with Gasteiger partial charge < -0.3 is 18.8 Å². The van der Waals surface area contributed by atoms with Crippen molar-refractivity contribution in [2.75, 3.05) is 26.8 Å². The lowest BCUT2D eigenvalue weighted by molar-refractivity contribution is 0.0997. The molecule has 0 N–H and O–H groups in total. The molecule has 2 heterocycles. The monoisotopic (exact) mass is 402 g/mol. The van der Waals surface area contributed by atoms with Gasteiger partial charge in [0, 0.05) is 24.1 Å². The summed E-state index contributed by atoms with van der Waals surface area (Å²) in [4.78, 5) is 19.0. The van der Waals surface area contributed by atoms with Gasteiger partial charge in [0.05, 0.1) is 16.8 Å². The van der Waals surface area contributed by atoms with E-state index in [9.17, 15) is 4.79 Å². The predicted octanol–water partition coefficient (Wildman–Crippen LogP) is 3.54. The van der Waals surface area contributed by atoms with Crippen molar-refractivity contribution >= 4 is 39.2 Å². The summed E-state index contributed by atoms with van der Waals surface area (Å²) in [7, 11) is 1.66. The fraction of sp³-hybridized carbons (Fsp3) is 0.263. The molecule has 3 aromatic rings. The Morgan fingerprint density at radius 1 is 1.26 bits per heavy atom. The van der Waals surface area contributed by atoms with Crippen LogP contribution in [0.25, 0.3) is 10.2 Å². The van der Waals surface area contributed by atoms with Gasteiger partial charge in [-0.05, 0) is 42.7 Å². The zero-order valence-electron chi connectivity index (χ0n) is 14.9. The number of thiazole rings is 1. The summed E-state index contributed by atoms with van der Waals surface area (Å²) < 4.78 is 19.0. The summed E-state index contributed by atoms with van der Waals surface area (Å²) in [5.74, 6) is 0.911.